The fourth-order valence-electron chi connectivity index (χ4n) is 2.37. The third-order valence-corrected chi connectivity index (χ3v) is 3.26. The first kappa shape index (κ1) is 19.5. The summed E-state index contributed by atoms with van der Waals surface area (Å²) < 4.78 is 0. The van der Waals surface area contributed by atoms with Crippen LogP contribution in [-0.2, 0) is 25.8 Å². The Kier molecular flexibility index (Phi) is 7.87. The zero-order valence-electron chi connectivity index (χ0n) is 11.5. The minimum absolute atomic E-state index is 0. The minimum Gasteiger partial charge on any atom is -1.00 e. The van der Waals surface area contributed by atoms with Gasteiger partial charge in [0.15, 0.2) is 0 Å². The van der Waals surface area contributed by atoms with Gasteiger partial charge in [0.1, 0.15) is 0 Å². The molecule has 3 rings (SSSR count). The van der Waals surface area contributed by atoms with Crippen LogP contribution in [0.15, 0.2) is 54.6 Å². The number of halogens is 2. The zero-order chi connectivity index (χ0) is 11.8. The van der Waals surface area contributed by atoms with Crippen molar-refractivity contribution < 1.29 is 50.7 Å². The first-order valence-electron chi connectivity index (χ1n) is 5.97. The van der Waals surface area contributed by atoms with Gasteiger partial charge in [-0.2, -0.15) is 6.07 Å². The Morgan fingerprint density at radius 2 is 1.50 bits per heavy atom. The molecule has 0 aliphatic heterocycles. The first-order valence-corrected chi connectivity index (χ1v) is 5.97. The molecule has 0 saturated carbocycles. The molecule has 0 aromatic heterocycles. The van der Waals surface area contributed by atoms with E-state index in [4.69, 9.17) is 0 Å². The molecule has 3 heteroatoms. The van der Waals surface area contributed by atoms with Gasteiger partial charge in [-0.25, -0.2) is 0 Å². The van der Waals surface area contributed by atoms with E-state index in [2.05, 4.69) is 68.4 Å². The molecular weight excluding hydrogens is 454 g/mol. The van der Waals surface area contributed by atoms with Gasteiger partial charge in [0.25, 0.3) is 0 Å². The number of rotatable bonds is 1. The maximum absolute atomic E-state index is 2.27. The molecule has 3 aromatic rings. The molecule has 0 aliphatic rings. The monoisotopic (exact) mass is 469 g/mol. The normalized spacial score (nSPS) is 9.30. The smallest absolute Gasteiger partial charge is 0 e. The van der Waals surface area contributed by atoms with Crippen LogP contribution >= 0.6 is 0 Å². The standard InChI is InChI=1S/C17H15.2ClH.Hf/c1-12-6-8-14(9-7-12)16-5-3-4-15-10-13(2)11-17(15)16;;;/h3-11H,1-2H3;2*1H;/q-1;;;/p-2. The molecule has 0 fully saturated rings. The Hall–Kier alpha value is -0.500. The summed E-state index contributed by atoms with van der Waals surface area (Å²) in [4.78, 5) is 0. The van der Waals surface area contributed by atoms with E-state index < -0.39 is 0 Å². The van der Waals surface area contributed by atoms with Gasteiger partial charge < -0.3 is 24.8 Å². The van der Waals surface area contributed by atoms with E-state index in [9.17, 15) is 0 Å². The maximum atomic E-state index is 2.27. The molecule has 0 bridgehead atoms. The van der Waals surface area contributed by atoms with Crippen LogP contribution in [0, 0.1) is 13.8 Å². The molecule has 0 atom stereocenters. The Labute approximate surface area is 151 Å². The summed E-state index contributed by atoms with van der Waals surface area (Å²) in [6.45, 7) is 4.27. The van der Waals surface area contributed by atoms with Crippen molar-refractivity contribution in [1.29, 1.82) is 0 Å². The molecule has 20 heavy (non-hydrogen) atoms. The summed E-state index contributed by atoms with van der Waals surface area (Å²) in [6.07, 6.45) is 0. The summed E-state index contributed by atoms with van der Waals surface area (Å²) >= 11 is 0. The van der Waals surface area contributed by atoms with Gasteiger partial charge in [-0.1, -0.05) is 48.4 Å². The third-order valence-electron chi connectivity index (χ3n) is 3.26. The summed E-state index contributed by atoms with van der Waals surface area (Å²) in [7, 11) is 0. The average Bonchev–Trinajstić information content (AvgIpc) is 2.70. The van der Waals surface area contributed by atoms with E-state index in [1.165, 1.54) is 33.0 Å². The predicted octanol–water partition coefficient (Wildman–Crippen LogP) is -1.15. The number of hydrogen-bond acceptors (Lipinski definition) is 0. The van der Waals surface area contributed by atoms with Crippen LogP contribution in [0.3, 0.4) is 0 Å². The molecule has 3 aromatic carbocycles. The van der Waals surface area contributed by atoms with Crippen molar-refractivity contribution in [3.8, 4) is 11.1 Å². The predicted molar refractivity (Wildman–Crippen MR) is 74.5 cm³/mol. The Balaban J connectivity index is 0.00000120. The fourth-order valence-corrected chi connectivity index (χ4v) is 2.37. The quantitative estimate of drug-likeness (QED) is 0.313. The third kappa shape index (κ3) is 3.78. The molecule has 0 unspecified atom stereocenters. The molecule has 0 heterocycles. The van der Waals surface area contributed by atoms with E-state index in [0.29, 0.717) is 0 Å². The van der Waals surface area contributed by atoms with Gasteiger partial charge in [0.2, 0.25) is 0 Å². The molecule has 0 spiro atoms. The van der Waals surface area contributed by atoms with Crippen LogP contribution in [0.1, 0.15) is 11.1 Å². The van der Waals surface area contributed by atoms with Crippen molar-refractivity contribution in [3.05, 3.63) is 65.7 Å². The van der Waals surface area contributed by atoms with Crippen molar-refractivity contribution in [2.45, 2.75) is 13.8 Å². The van der Waals surface area contributed by atoms with E-state index >= 15 is 0 Å². The molecule has 0 nitrogen and oxygen atoms in total. The molecule has 0 amide bonds. The van der Waals surface area contributed by atoms with Crippen LogP contribution in [0.4, 0.5) is 0 Å². The van der Waals surface area contributed by atoms with Crippen LogP contribution in [0.2, 0.25) is 0 Å². The van der Waals surface area contributed by atoms with Crippen molar-refractivity contribution in [2.75, 3.05) is 0 Å². The van der Waals surface area contributed by atoms with Gasteiger partial charge in [-0.15, -0.1) is 34.5 Å². The largest absolute Gasteiger partial charge is 1.00 e. The first-order chi connectivity index (χ1) is 8.24. The van der Waals surface area contributed by atoms with Gasteiger partial charge in [0, 0.05) is 25.8 Å². The Bertz CT molecular complexity index is 669. The average molecular weight is 469 g/mol. The molecule has 0 radical (unpaired) electrons. The maximum Gasteiger partial charge on any atom is 0 e. The minimum atomic E-state index is 0. The van der Waals surface area contributed by atoms with Gasteiger partial charge in [-0.3, -0.25) is 0 Å². The summed E-state index contributed by atoms with van der Waals surface area (Å²) in [5.41, 5.74) is 5.27. The number of aryl methyl sites for hydroxylation is 2. The van der Waals surface area contributed by atoms with E-state index in [1.54, 1.807) is 0 Å². The van der Waals surface area contributed by atoms with Crippen molar-refractivity contribution in [2.24, 2.45) is 0 Å². The molecule has 0 aliphatic carbocycles. The molecular formula is C17H15Cl2Hf-3. The summed E-state index contributed by atoms with van der Waals surface area (Å²) in [5.74, 6) is 0. The SMILES string of the molecule is Cc1ccc(-c2cccc3[cH-]c(C)cc23)cc1.[Cl-].[Cl-].[Hf]. The van der Waals surface area contributed by atoms with E-state index in [0.717, 1.165) is 0 Å². The molecule has 104 valence electrons. The second kappa shape index (κ2) is 8.07. The summed E-state index contributed by atoms with van der Waals surface area (Å²) in [5, 5.41) is 2.69. The second-order valence-electron chi connectivity index (χ2n) is 4.71. The van der Waals surface area contributed by atoms with Crippen molar-refractivity contribution >= 4 is 10.8 Å². The number of fused-ring (bicyclic) bond motifs is 1. The van der Waals surface area contributed by atoms with E-state index in [1.807, 2.05) is 0 Å². The van der Waals surface area contributed by atoms with Crippen LogP contribution < -0.4 is 24.8 Å². The van der Waals surface area contributed by atoms with Crippen LogP contribution in [0.25, 0.3) is 21.9 Å². The van der Waals surface area contributed by atoms with Gasteiger partial charge >= 0.3 is 0 Å². The second-order valence-corrected chi connectivity index (χ2v) is 4.71. The summed E-state index contributed by atoms with van der Waals surface area (Å²) in [6, 6.07) is 19.8. The van der Waals surface area contributed by atoms with Crippen molar-refractivity contribution in [3.63, 3.8) is 0 Å². The van der Waals surface area contributed by atoms with Gasteiger partial charge in [0.05, 0.1) is 0 Å². The molecule has 0 N–H and O–H groups in total. The Morgan fingerprint density at radius 1 is 0.850 bits per heavy atom. The van der Waals surface area contributed by atoms with Crippen LogP contribution in [0.5, 0.6) is 0 Å². The molecule has 0 saturated heterocycles. The number of benzene rings is 2. The zero-order valence-corrected chi connectivity index (χ0v) is 16.6. The topological polar surface area (TPSA) is 0 Å². The number of hydrogen-bond donors (Lipinski definition) is 0. The van der Waals surface area contributed by atoms with Crippen molar-refractivity contribution in [1.82, 2.24) is 0 Å². The fraction of sp³-hybridized carbons (Fsp3) is 0.118. The Morgan fingerprint density at radius 3 is 2.15 bits per heavy atom. The van der Waals surface area contributed by atoms with E-state index in [-0.39, 0.29) is 50.7 Å². The van der Waals surface area contributed by atoms with Crippen LogP contribution in [-0.4, -0.2) is 0 Å². The van der Waals surface area contributed by atoms with Gasteiger partial charge in [-0.05, 0) is 12.5 Å².